The fourth-order valence-corrected chi connectivity index (χ4v) is 6.01. The van der Waals surface area contributed by atoms with E-state index in [1.54, 1.807) is 0 Å². The summed E-state index contributed by atoms with van der Waals surface area (Å²) in [6, 6.07) is 32.3. The van der Waals surface area contributed by atoms with Crippen molar-refractivity contribution < 1.29 is 22.4 Å². The maximum absolute atomic E-state index is 2.23. The van der Waals surface area contributed by atoms with Crippen molar-refractivity contribution in [2.45, 2.75) is 12.8 Å². The molecule has 1 aliphatic rings. The Balaban J connectivity index is 0.000000325. The topological polar surface area (TPSA) is 0 Å². The van der Waals surface area contributed by atoms with Gasteiger partial charge in [-0.3, -0.25) is 0 Å². The van der Waals surface area contributed by atoms with Crippen molar-refractivity contribution >= 4 is 35.6 Å². The average Bonchev–Trinajstić information content (AvgIpc) is 3.25. The van der Waals surface area contributed by atoms with Gasteiger partial charge in [-0.2, -0.15) is 11.8 Å². The van der Waals surface area contributed by atoms with E-state index in [0.717, 1.165) is 0 Å². The Hall–Kier alpha value is -0.820. The average molecular weight is 547 g/mol. The van der Waals surface area contributed by atoms with Crippen molar-refractivity contribution in [3.63, 3.8) is 0 Å². The third kappa shape index (κ3) is 6.44. The van der Waals surface area contributed by atoms with E-state index < -0.39 is 7.92 Å². The predicted molar refractivity (Wildman–Crippen MR) is 112 cm³/mol. The van der Waals surface area contributed by atoms with Crippen LogP contribution in [0.25, 0.3) is 0 Å². The summed E-state index contributed by atoms with van der Waals surface area (Å²) in [6.07, 6.45) is 2.93. The van der Waals surface area contributed by atoms with E-state index in [9.17, 15) is 0 Å². The summed E-state index contributed by atoms with van der Waals surface area (Å²) in [5, 5.41) is 4.19. The van der Waals surface area contributed by atoms with Crippen molar-refractivity contribution in [1.82, 2.24) is 0 Å². The zero-order valence-corrected chi connectivity index (χ0v) is 18.0. The van der Waals surface area contributed by atoms with Crippen molar-refractivity contribution in [3.8, 4) is 0 Å². The molecule has 0 aromatic heterocycles. The summed E-state index contributed by atoms with van der Waals surface area (Å²) < 4.78 is 0. The first-order valence-corrected chi connectivity index (χ1v) is 11.0. The van der Waals surface area contributed by atoms with Gasteiger partial charge in [0.2, 0.25) is 0 Å². The fourth-order valence-electron chi connectivity index (χ4n) is 2.69. The molecule has 3 aromatic rings. The van der Waals surface area contributed by atoms with Crippen LogP contribution in [0.3, 0.4) is 0 Å². The number of thioether (sulfide) groups is 1. The minimum Gasteiger partial charge on any atom is -0.162 e. The first-order valence-electron chi connectivity index (χ1n) is 8.48. The van der Waals surface area contributed by atoms with Crippen LogP contribution in [-0.2, 0) is 22.4 Å². The zero-order valence-electron chi connectivity index (χ0n) is 14.1. The first-order chi connectivity index (χ1) is 11.9. The molecule has 0 amide bonds. The van der Waals surface area contributed by atoms with Gasteiger partial charge in [-0.1, -0.05) is 91.0 Å². The van der Waals surface area contributed by atoms with Gasteiger partial charge >= 0.3 is 22.4 Å². The summed E-state index contributed by atoms with van der Waals surface area (Å²) in [5.41, 5.74) is 0. The third-order valence-corrected chi connectivity index (χ3v) is 7.47. The molecule has 0 nitrogen and oxygen atoms in total. The molecule has 0 N–H and O–H groups in total. The van der Waals surface area contributed by atoms with Crippen molar-refractivity contribution in [3.05, 3.63) is 91.0 Å². The second-order valence-electron chi connectivity index (χ2n) is 5.66. The van der Waals surface area contributed by atoms with Crippen LogP contribution in [0.1, 0.15) is 12.8 Å². The van der Waals surface area contributed by atoms with Crippen molar-refractivity contribution in [1.29, 1.82) is 0 Å². The molecule has 1 saturated heterocycles. The van der Waals surface area contributed by atoms with E-state index in [4.69, 9.17) is 0 Å². The van der Waals surface area contributed by atoms with E-state index >= 15 is 0 Å². The normalized spacial score (nSPS) is 12.8. The smallest absolute Gasteiger partial charge is 0.162 e. The van der Waals surface area contributed by atoms with Crippen molar-refractivity contribution in [2.24, 2.45) is 0 Å². The Kier molecular flexibility index (Phi) is 9.61. The second-order valence-corrected chi connectivity index (χ2v) is 9.11. The zero-order chi connectivity index (χ0) is 16.5. The van der Waals surface area contributed by atoms with Gasteiger partial charge < -0.3 is 0 Å². The van der Waals surface area contributed by atoms with Gasteiger partial charge in [-0.05, 0) is 48.2 Å². The van der Waals surface area contributed by atoms with Crippen LogP contribution in [0.15, 0.2) is 91.0 Å². The van der Waals surface area contributed by atoms with E-state index in [1.807, 2.05) is 0 Å². The monoisotopic (exact) mass is 547 g/mol. The van der Waals surface area contributed by atoms with Gasteiger partial charge in [0.15, 0.2) is 0 Å². The molecule has 4 rings (SSSR count). The van der Waals surface area contributed by atoms with Crippen LogP contribution < -0.4 is 15.9 Å². The van der Waals surface area contributed by atoms with Crippen LogP contribution in [-0.4, -0.2) is 11.5 Å². The largest absolute Gasteiger partial charge is 1.00 e. The molecular weight excluding hydrogens is 524 g/mol. The van der Waals surface area contributed by atoms with E-state index in [0.29, 0.717) is 0 Å². The van der Waals surface area contributed by atoms with Crippen LogP contribution in [0.2, 0.25) is 0 Å². The molecule has 132 valence electrons. The van der Waals surface area contributed by atoms with Gasteiger partial charge in [0.25, 0.3) is 0 Å². The summed E-state index contributed by atoms with van der Waals surface area (Å²) in [4.78, 5) is 0. The fraction of sp³-hybridized carbons (Fsp3) is 0.182. The minimum absolute atomic E-state index is 0. The number of hydrogen-bond donors (Lipinski definition) is 0. The van der Waals surface area contributed by atoms with Gasteiger partial charge in [0, 0.05) is 0 Å². The number of rotatable bonds is 3. The van der Waals surface area contributed by atoms with E-state index in [-0.39, 0.29) is 22.4 Å². The Labute approximate surface area is 172 Å². The van der Waals surface area contributed by atoms with Gasteiger partial charge in [-0.15, -0.1) is 0 Å². The van der Waals surface area contributed by atoms with E-state index in [1.165, 1.54) is 40.3 Å². The van der Waals surface area contributed by atoms with Gasteiger partial charge in [0.1, 0.15) is 0 Å². The molecule has 0 unspecified atom stereocenters. The number of hydrogen-bond acceptors (Lipinski definition) is 1. The molecule has 1 aliphatic heterocycles. The van der Waals surface area contributed by atoms with E-state index in [2.05, 4.69) is 103 Å². The predicted octanol–water partition coefficient (Wildman–Crippen LogP) is 4.96. The Morgan fingerprint density at radius 1 is 0.520 bits per heavy atom. The molecule has 0 atom stereocenters. The van der Waals surface area contributed by atoms with Crippen LogP contribution >= 0.6 is 19.7 Å². The second kappa shape index (κ2) is 11.7. The Morgan fingerprint density at radius 3 is 1.08 bits per heavy atom. The quantitative estimate of drug-likeness (QED) is 0.330. The molecule has 0 bridgehead atoms. The number of benzene rings is 3. The molecule has 0 spiro atoms. The minimum atomic E-state index is -0.446. The summed E-state index contributed by atoms with van der Waals surface area (Å²) >= 11 is 2.07. The maximum Gasteiger partial charge on any atom is 1.00 e. The molecule has 0 saturated carbocycles. The van der Waals surface area contributed by atoms with Crippen molar-refractivity contribution in [2.75, 3.05) is 11.5 Å². The molecule has 0 radical (unpaired) electrons. The molecule has 3 aromatic carbocycles. The van der Waals surface area contributed by atoms with Gasteiger partial charge in [0.05, 0.1) is 0 Å². The van der Waals surface area contributed by atoms with Gasteiger partial charge in [-0.25, -0.2) is 0 Å². The molecule has 1 heterocycles. The SMILES string of the molecule is C1CCSC1.[Au+].c1ccc(P(c2ccccc2)c2ccccc2)cc1. The third-order valence-electron chi connectivity index (χ3n) is 3.87. The first kappa shape index (κ1) is 20.5. The van der Waals surface area contributed by atoms with Crippen LogP contribution in [0.4, 0.5) is 0 Å². The maximum atomic E-state index is 2.23. The molecule has 3 heteroatoms. The van der Waals surface area contributed by atoms with Crippen LogP contribution in [0.5, 0.6) is 0 Å². The molecule has 25 heavy (non-hydrogen) atoms. The molecular formula is C22H23AuPS+. The summed E-state index contributed by atoms with van der Waals surface area (Å²) in [5.74, 6) is 2.83. The standard InChI is InChI=1S/C18H15P.C4H8S.Au/c1-4-10-16(11-5-1)19(17-12-6-2-7-13-17)18-14-8-3-9-15-18;1-2-4-5-3-1;/h1-15H;1-4H2;/q;;+1. The summed E-state index contributed by atoms with van der Waals surface area (Å²) in [7, 11) is -0.446. The molecule has 0 aliphatic carbocycles. The summed E-state index contributed by atoms with van der Waals surface area (Å²) in [6.45, 7) is 0. The molecule has 1 fully saturated rings. The van der Waals surface area contributed by atoms with Crippen LogP contribution in [0, 0.1) is 0 Å². The Morgan fingerprint density at radius 2 is 0.840 bits per heavy atom. The Bertz CT molecular complexity index is 598.